The van der Waals surface area contributed by atoms with Gasteiger partial charge < -0.3 is 0 Å². The van der Waals surface area contributed by atoms with E-state index in [1.807, 2.05) is 0 Å². The van der Waals surface area contributed by atoms with E-state index >= 15 is 0 Å². The maximum absolute atomic E-state index is 2.30. The molecule has 0 aliphatic heterocycles. The van der Waals surface area contributed by atoms with Gasteiger partial charge >= 0.3 is 139 Å². The van der Waals surface area contributed by atoms with E-state index in [0.29, 0.717) is 15.8 Å². The summed E-state index contributed by atoms with van der Waals surface area (Å²) in [5.74, 6) is 0. The van der Waals surface area contributed by atoms with Gasteiger partial charge in [-0.05, 0) is 0 Å². The SMILES string of the molecule is CCCCCCCCCCCCCCCC[AsH]CCc1ccccc1. The van der Waals surface area contributed by atoms with E-state index in [-0.39, 0.29) is 0 Å². The van der Waals surface area contributed by atoms with Gasteiger partial charge in [0.1, 0.15) is 0 Å². The first-order valence-electron chi connectivity index (χ1n) is 11.2. The molecule has 0 aliphatic rings. The average molecular weight is 407 g/mol. The van der Waals surface area contributed by atoms with E-state index < -0.39 is 0 Å². The van der Waals surface area contributed by atoms with Crippen molar-refractivity contribution in [1.29, 1.82) is 0 Å². The van der Waals surface area contributed by atoms with E-state index in [1.165, 1.54) is 107 Å². The predicted molar refractivity (Wildman–Crippen MR) is 117 cm³/mol. The van der Waals surface area contributed by atoms with Gasteiger partial charge in [-0.1, -0.05) is 26.2 Å². The zero-order valence-corrected chi connectivity index (χ0v) is 19.0. The van der Waals surface area contributed by atoms with Gasteiger partial charge in [0.25, 0.3) is 0 Å². The number of unbranched alkanes of at least 4 members (excludes halogenated alkanes) is 13. The molecule has 25 heavy (non-hydrogen) atoms. The molecule has 0 nitrogen and oxygen atoms in total. The molecule has 0 aliphatic carbocycles. The second kappa shape index (κ2) is 18.6. The van der Waals surface area contributed by atoms with Crippen LogP contribution >= 0.6 is 0 Å². The standard InChI is InChI=1S/C24H43As/c1-2-3-4-5-6-7-8-9-10-11-12-13-14-18-22-25-23-21-24-19-16-15-17-20-24/h15-17,19-20,25H,2-14,18,21-23H2,1H3. The summed E-state index contributed by atoms with van der Waals surface area (Å²) < 4.78 is 0. The zero-order chi connectivity index (χ0) is 17.8. The first-order chi connectivity index (χ1) is 12.4. The molecule has 0 N–H and O–H groups in total. The summed E-state index contributed by atoms with van der Waals surface area (Å²) in [6.45, 7) is 2.30. The van der Waals surface area contributed by atoms with Crippen LogP contribution in [0.2, 0.25) is 10.4 Å². The monoisotopic (exact) mass is 406 g/mol. The molecule has 1 aromatic rings. The van der Waals surface area contributed by atoms with Crippen molar-refractivity contribution in [2.24, 2.45) is 0 Å². The van der Waals surface area contributed by atoms with E-state index in [9.17, 15) is 0 Å². The van der Waals surface area contributed by atoms with E-state index in [0.717, 1.165) is 0 Å². The van der Waals surface area contributed by atoms with E-state index in [4.69, 9.17) is 0 Å². The number of aryl methyl sites for hydroxylation is 1. The molecule has 0 heterocycles. The van der Waals surface area contributed by atoms with Crippen molar-refractivity contribution in [3.05, 3.63) is 35.9 Å². The second-order valence-electron chi connectivity index (χ2n) is 7.58. The Morgan fingerprint density at radius 3 is 1.56 bits per heavy atom. The second-order valence-corrected chi connectivity index (χ2v) is 10.7. The van der Waals surface area contributed by atoms with Crippen molar-refractivity contribution in [2.45, 2.75) is 114 Å². The summed E-state index contributed by atoms with van der Waals surface area (Å²) >= 11 is 0.326. The fourth-order valence-electron chi connectivity index (χ4n) is 3.45. The molecule has 0 aromatic heterocycles. The first kappa shape index (κ1) is 22.8. The molecule has 144 valence electrons. The van der Waals surface area contributed by atoms with Crippen LogP contribution in [0.5, 0.6) is 0 Å². The topological polar surface area (TPSA) is 0 Å². The normalized spacial score (nSPS) is 11.6. The Morgan fingerprint density at radius 1 is 0.560 bits per heavy atom. The summed E-state index contributed by atoms with van der Waals surface area (Å²) in [4.78, 5) is 0. The Balaban J connectivity index is 1.69. The Morgan fingerprint density at radius 2 is 1.04 bits per heavy atom. The third-order valence-corrected chi connectivity index (χ3v) is 7.89. The van der Waals surface area contributed by atoms with Crippen LogP contribution in [0.4, 0.5) is 0 Å². The zero-order valence-electron chi connectivity index (χ0n) is 16.9. The molecule has 0 amide bonds. The number of hydrogen-bond acceptors (Lipinski definition) is 0. The predicted octanol–water partition coefficient (Wildman–Crippen LogP) is 7.98. The van der Waals surface area contributed by atoms with Crippen molar-refractivity contribution in [3.8, 4) is 0 Å². The van der Waals surface area contributed by atoms with Crippen LogP contribution in [0.15, 0.2) is 30.3 Å². The van der Waals surface area contributed by atoms with Crippen LogP contribution in [-0.2, 0) is 6.42 Å². The van der Waals surface area contributed by atoms with Gasteiger partial charge in [-0.15, -0.1) is 0 Å². The molecule has 1 rings (SSSR count). The third kappa shape index (κ3) is 15.7. The summed E-state index contributed by atoms with van der Waals surface area (Å²) in [5, 5.41) is 3.05. The van der Waals surface area contributed by atoms with Gasteiger partial charge in [0, 0.05) is 0 Å². The van der Waals surface area contributed by atoms with Gasteiger partial charge in [-0.2, -0.15) is 0 Å². The summed E-state index contributed by atoms with van der Waals surface area (Å²) in [7, 11) is 0. The van der Waals surface area contributed by atoms with Crippen molar-refractivity contribution in [1.82, 2.24) is 0 Å². The van der Waals surface area contributed by atoms with Crippen LogP contribution in [0.1, 0.15) is 102 Å². The molecule has 1 aromatic carbocycles. The third-order valence-electron chi connectivity index (χ3n) is 5.14. The Kier molecular flexibility index (Phi) is 16.9. The molecule has 0 saturated carbocycles. The molecule has 1 atom stereocenters. The summed E-state index contributed by atoms with van der Waals surface area (Å²) in [5.41, 5.74) is 1.53. The number of hydrogen-bond donors (Lipinski definition) is 0. The van der Waals surface area contributed by atoms with Gasteiger partial charge in [-0.3, -0.25) is 0 Å². The van der Waals surface area contributed by atoms with E-state index in [1.54, 1.807) is 5.21 Å². The summed E-state index contributed by atoms with van der Waals surface area (Å²) in [6, 6.07) is 11.0. The molecule has 0 fully saturated rings. The van der Waals surface area contributed by atoms with Gasteiger partial charge in [-0.25, -0.2) is 0 Å². The quantitative estimate of drug-likeness (QED) is 0.171. The van der Waals surface area contributed by atoms with Crippen molar-refractivity contribution in [2.75, 3.05) is 0 Å². The van der Waals surface area contributed by atoms with E-state index in [2.05, 4.69) is 37.3 Å². The summed E-state index contributed by atoms with van der Waals surface area (Å²) in [6.07, 6.45) is 21.9. The average Bonchev–Trinajstić information content (AvgIpc) is 2.65. The van der Waals surface area contributed by atoms with Gasteiger partial charge in [0.2, 0.25) is 0 Å². The Hall–Kier alpha value is -0.222. The molecular formula is C24H43As. The molecule has 0 saturated heterocycles. The van der Waals surface area contributed by atoms with Crippen LogP contribution < -0.4 is 0 Å². The van der Waals surface area contributed by atoms with Gasteiger partial charge in [0.05, 0.1) is 0 Å². The van der Waals surface area contributed by atoms with Crippen molar-refractivity contribution < 1.29 is 0 Å². The number of rotatable bonds is 18. The molecule has 0 radical (unpaired) electrons. The van der Waals surface area contributed by atoms with Crippen molar-refractivity contribution >= 4 is 15.8 Å². The molecule has 1 heteroatoms. The first-order valence-corrected chi connectivity index (χ1v) is 14.1. The van der Waals surface area contributed by atoms with Crippen LogP contribution in [0.3, 0.4) is 0 Å². The van der Waals surface area contributed by atoms with Crippen LogP contribution in [0.25, 0.3) is 0 Å². The van der Waals surface area contributed by atoms with Gasteiger partial charge in [0.15, 0.2) is 0 Å². The minimum atomic E-state index is 0.326. The fourth-order valence-corrected chi connectivity index (χ4v) is 6.00. The Bertz CT molecular complexity index is 360. The van der Waals surface area contributed by atoms with Crippen LogP contribution in [0, 0.1) is 0 Å². The Labute approximate surface area is 165 Å². The fraction of sp³-hybridized carbons (Fsp3) is 0.750. The molecule has 0 spiro atoms. The maximum atomic E-state index is 2.30. The number of benzene rings is 1. The van der Waals surface area contributed by atoms with Crippen LogP contribution in [-0.4, -0.2) is 15.8 Å². The van der Waals surface area contributed by atoms with Crippen molar-refractivity contribution in [3.63, 3.8) is 0 Å². The molecule has 1 unspecified atom stereocenters. The molecular weight excluding hydrogens is 363 g/mol. The molecule has 0 bridgehead atoms. The minimum absolute atomic E-state index is 0.326.